The van der Waals surface area contributed by atoms with Gasteiger partial charge in [0.15, 0.2) is 0 Å². The molecule has 5 heteroatoms. The molecule has 0 saturated carbocycles. The lowest BCUT2D eigenvalue weighted by Gasteiger charge is -2.26. The molecule has 0 aliphatic carbocycles. The van der Waals surface area contributed by atoms with Crippen molar-refractivity contribution in [3.8, 4) is 0 Å². The number of hydrogen-bond donors (Lipinski definition) is 1. The average molecular weight is 314 g/mol. The van der Waals surface area contributed by atoms with Crippen LogP contribution in [0.4, 0.5) is 5.69 Å². The van der Waals surface area contributed by atoms with Crippen molar-refractivity contribution in [1.82, 2.24) is 9.80 Å². The van der Waals surface area contributed by atoms with Crippen LogP contribution in [0.1, 0.15) is 13.8 Å². The van der Waals surface area contributed by atoms with E-state index < -0.39 is 0 Å². The highest BCUT2D eigenvalue weighted by molar-refractivity contribution is 5.85. The van der Waals surface area contributed by atoms with E-state index in [1.54, 1.807) is 0 Å². The summed E-state index contributed by atoms with van der Waals surface area (Å²) in [6.45, 7) is 7.11. The Morgan fingerprint density at radius 2 is 1.76 bits per heavy atom. The van der Waals surface area contributed by atoms with Gasteiger partial charge in [0, 0.05) is 25.3 Å². The van der Waals surface area contributed by atoms with E-state index in [4.69, 9.17) is 0 Å². The Balaban J connectivity index is 0.00000400. The highest BCUT2D eigenvalue weighted by Gasteiger charge is 2.14. The van der Waals surface area contributed by atoms with E-state index in [0.717, 1.165) is 25.3 Å². The first-order valence-corrected chi connectivity index (χ1v) is 7.20. The van der Waals surface area contributed by atoms with Crippen molar-refractivity contribution < 1.29 is 4.79 Å². The standard InChI is InChI=1S/C16H27N3O.ClH/c1-14(2)13-19(11-10-18(3)4)16(20)12-17-15-8-6-5-7-9-15;/h5-9,14,17H,10-13H2,1-4H3;1H. The zero-order chi connectivity index (χ0) is 15.0. The maximum Gasteiger partial charge on any atom is 0.241 e. The molecule has 0 unspecified atom stereocenters. The molecule has 1 rings (SSSR count). The summed E-state index contributed by atoms with van der Waals surface area (Å²) < 4.78 is 0. The fraction of sp³-hybridized carbons (Fsp3) is 0.562. The van der Waals surface area contributed by atoms with Crippen molar-refractivity contribution in [2.24, 2.45) is 5.92 Å². The largest absolute Gasteiger partial charge is 0.376 e. The molecule has 1 amide bonds. The number of halogens is 1. The van der Waals surface area contributed by atoms with Gasteiger partial charge in [-0.2, -0.15) is 0 Å². The van der Waals surface area contributed by atoms with Crippen molar-refractivity contribution in [3.05, 3.63) is 30.3 Å². The van der Waals surface area contributed by atoms with E-state index in [1.807, 2.05) is 49.3 Å². The van der Waals surface area contributed by atoms with Gasteiger partial charge in [-0.05, 0) is 32.1 Å². The molecule has 1 aromatic carbocycles. The predicted molar refractivity (Wildman–Crippen MR) is 92.2 cm³/mol. The Morgan fingerprint density at radius 1 is 1.14 bits per heavy atom. The summed E-state index contributed by atoms with van der Waals surface area (Å²) in [4.78, 5) is 16.4. The summed E-state index contributed by atoms with van der Waals surface area (Å²) in [6.07, 6.45) is 0. The topological polar surface area (TPSA) is 35.6 Å². The quantitative estimate of drug-likeness (QED) is 0.801. The molecule has 0 bridgehead atoms. The number of amides is 1. The molecule has 0 fully saturated rings. The van der Waals surface area contributed by atoms with E-state index in [9.17, 15) is 4.79 Å². The van der Waals surface area contributed by atoms with Gasteiger partial charge in [-0.1, -0.05) is 32.0 Å². The van der Waals surface area contributed by atoms with Crippen LogP contribution in [-0.4, -0.2) is 56.0 Å². The fourth-order valence-electron chi connectivity index (χ4n) is 1.92. The third-order valence-electron chi connectivity index (χ3n) is 2.97. The molecule has 0 atom stereocenters. The number of nitrogens with zero attached hydrogens (tertiary/aromatic N) is 2. The molecular formula is C16H28ClN3O. The van der Waals surface area contributed by atoms with Gasteiger partial charge in [0.1, 0.15) is 0 Å². The van der Waals surface area contributed by atoms with Crippen LogP contribution in [0.15, 0.2) is 30.3 Å². The first kappa shape index (κ1) is 19.7. The smallest absolute Gasteiger partial charge is 0.241 e. The van der Waals surface area contributed by atoms with Gasteiger partial charge >= 0.3 is 0 Å². The number of likely N-dealkylation sites (N-methyl/N-ethyl adjacent to an activating group) is 1. The molecule has 21 heavy (non-hydrogen) atoms. The lowest BCUT2D eigenvalue weighted by atomic mass is 10.2. The maximum absolute atomic E-state index is 12.3. The van der Waals surface area contributed by atoms with Gasteiger partial charge < -0.3 is 15.1 Å². The molecule has 0 aliphatic heterocycles. The lowest BCUT2D eigenvalue weighted by Crippen LogP contribution is -2.41. The van der Waals surface area contributed by atoms with Crippen molar-refractivity contribution in [1.29, 1.82) is 0 Å². The minimum atomic E-state index is 0. The van der Waals surface area contributed by atoms with Crippen LogP contribution in [0.25, 0.3) is 0 Å². The van der Waals surface area contributed by atoms with Crippen LogP contribution in [-0.2, 0) is 4.79 Å². The summed E-state index contributed by atoms with van der Waals surface area (Å²) in [5, 5.41) is 3.18. The van der Waals surface area contributed by atoms with Gasteiger partial charge in [-0.25, -0.2) is 0 Å². The second-order valence-electron chi connectivity index (χ2n) is 5.76. The number of carbonyl (C=O) groups excluding carboxylic acids is 1. The second kappa shape index (κ2) is 10.5. The van der Waals surface area contributed by atoms with Crippen LogP contribution in [0.3, 0.4) is 0 Å². The number of anilines is 1. The van der Waals surface area contributed by atoms with Crippen LogP contribution >= 0.6 is 12.4 Å². The lowest BCUT2D eigenvalue weighted by molar-refractivity contribution is -0.130. The Hall–Kier alpha value is -1.26. The molecule has 0 aliphatic rings. The van der Waals surface area contributed by atoms with Crippen LogP contribution < -0.4 is 5.32 Å². The van der Waals surface area contributed by atoms with Crippen LogP contribution in [0, 0.1) is 5.92 Å². The van der Waals surface area contributed by atoms with Crippen molar-refractivity contribution >= 4 is 24.0 Å². The number of hydrogen-bond acceptors (Lipinski definition) is 3. The van der Waals surface area contributed by atoms with Crippen molar-refractivity contribution in [2.75, 3.05) is 45.6 Å². The fourth-order valence-corrected chi connectivity index (χ4v) is 1.92. The van der Waals surface area contributed by atoms with Gasteiger partial charge in [0.05, 0.1) is 6.54 Å². The van der Waals surface area contributed by atoms with Gasteiger partial charge in [-0.3, -0.25) is 4.79 Å². The Kier molecular flexibility index (Phi) is 9.84. The Morgan fingerprint density at radius 3 is 2.29 bits per heavy atom. The third-order valence-corrected chi connectivity index (χ3v) is 2.97. The SMILES string of the molecule is CC(C)CN(CCN(C)C)C(=O)CNc1ccccc1.Cl. The van der Waals surface area contributed by atoms with E-state index in [2.05, 4.69) is 24.1 Å². The minimum Gasteiger partial charge on any atom is -0.376 e. The highest BCUT2D eigenvalue weighted by atomic mass is 35.5. The summed E-state index contributed by atoms with van der Waals surface area (Å²) in [6, 6.07) is 9.84. The molecule has 0 heterocycles. The highest BCUT2D eigenvalue weighted by Crippen LogP contribution is 2.05. The second-order valence-corrected chi connectivity index (χ2v) is 5.76. The average Bonchev–Trinajstić information content (AvgIpc) is 2.41. The van der Waals surface area contributed by atoms with Crippen molar-refractivity contribution in [2.45, 2.75) is 13.8 Å². The van der Waals surface area contributed by atoms with E-state index in [0.29, 0.717) is 12.5 Å². The van der Waals surface area contributed by atoms with Gasteiger partial charge in [0.2, 0.25) is 5.91 Å². The number of carbonyl (C=O) groups is 1. The first-order valence-electron chi connectivity index (χ1n) is 7.20. The molecule has 1 N–H and O–H groups in total. The molecule has 0 aromatic heterocycles. The third kappa shape index (κ3) is 8.58. The summed E-state index contributed by atoms with van der Waals surface area (Å²) >= 11 is 0. The van der Waals surface area contributed by atoms with Gasteiger partial charge in [-0.15, -0.1) is 12.4 Å². The van der Waals surface area contributed by atoms with Crippen LogP contribution in [0.5, 0.6) is 0 Å². The number of rotatable bonds is 8. The van der Waals surface area contributed by atoms with Crippen molar-refractivity contribution in [3.63, 3.8) is 0 Å². The minimum absolute atomic E-state index is 0. The van der Waals surface area contributed by atoms with E-state index >= 15 is 0 Å². The Labute approximate surface area is 134 Å². The molecular weight excluding hydrogens is 286 g/mol. The van der Waals surface area contributed by atoms with E-state index in [1.165, 1.54) is 0 Å². The normalized spacial score (nSPS) is 10.4. The Bertz CT molecular complexity index is 396. The van der Waals surface area contributed by atoms with E-state index in [-0.39, 0.29) is 18.3 Å². The van der Waals surface area contributed by atoms with Crippen LogP contribution in [0.2, 0.25) is 0 Å². The molecule has 1 aromatic rings. The maximum atomic E-state index is 12.3. The summed E-state index contributed by atoms with van der Waals surface area (Å²) in [5.74, 6) is 0.641. The molecule has 0 radical (unpaired) electrons. The molecule has 0 saturated heterocycles. The number of para-hydroxylation sites is 1. The molecule has 0 spiro atoms. The summed E-state index contributed by atoms with van der Waals surface area (Å²) in [7, 11) is 4.06. The molecule has 120 valence electrons. The predicted octanol–water partition coefficient (Wildman–Crippen LogP) is 2.57. The van der Waals surface area contributed by atoms with Gasteiger partial charge in [0.25, 0.3) is 0 Å². The summed E-state index contributed by atoms with van der Waals surface area (Å²) in [5.41, 5.74) is 0.984. The number of nitrogens with one attached hydrogen (secondary N) is 1. The molecule has 4 nitrogen and oxygen atoms in total. The first-order chi connectivity index (χ1) is 9.49. The zero-order valence-electron chi connectivity index (χ0n) is 13.5. The monoisotopic (exact) mass is 313 g/mol. The number of benzene rings is 1. The zero-order valence-corrected chi connectivity index (χ0v) is 14.3.